The van der Waals surface area contributed by atoms with Gasteiger partial charge in [0.2, 0.25) is 17.7 Å². The van der Waals surface area contributed by atoms with E-state index < -0.39 is 18.6 Å². The summed E-state index contributed by atoms with van der Waals surface area (Å²) in [7, 11) is 0. The van der Waals surface area contributed by atoms with Crippen molar-refractivity contribution in [3.63, 3.8) is 0 Å². The van der Waals surface area contributed by atoms with Crippen LogP contribution in [0.3, 0.4) is 0 Å². The predicted octanol–water partition coefficient (Wildman–Crippen LogP) is -2.86. The monoisotopic (exact) mass is 409 g/mol. The minimum atomic E-state index is -0.800. The highest BCUT2D eigenvalue weighted by molar-refractivity contribution is 6.12. The summed E-state index contributed by atoms with van der Waals surface area (Å²) in [6, 6.07) is -0.965. The highest BCUT2D eigenvalue weighted by Crippen LogP contribution is 2.25. The second-order valence-corrected chi connectivity index (χ2v) is 7.07. The third-order valence-corrected chi connectivity index (χ3v) is 4.94. The lowest BCUT2D eigenvalue weighted by atomic mass is 10.1. The highest BCUT2D eigenvalue weighted by Gasteiger charge is 2.32. The van der Waals surface area contributed by atoms with E-state index in [1.54, 1.807) is 0 Å². The number of hydrogen-bond donors (Lipinski definition) is 5. The standard InChI is InChI=1S/C18H27N5O6/c19-13(5-6-20-14(25)10-24)18(29)22-12-2-1-11(9-12)17(28)21-7-8-23-15(26)3-4-16(23)27/h3-4,11-13,24H,1-2,5-10,19H2,(H,20,25)(H,21,28)(H,22,29)/t11-,12+,13-/m0/s1. The molecule has 29 heavy (non-hydrogen) atoms. The molecule has 3 atom stereocenters. The second kappa shape index (κ2) is 10.7. The van der Waals surface area contributed by atoms with E-state index in [1.807, 2.05) is 0 Å². The van der Waals surface area contributed by atoms with Crippen molar-refractivity contribution in [2.75, 3.05) is 26.2 Å². The molecule has 0 aromatic heterocycles. The van der Waals surface area contributed by atoms with E-state index in [2.05, 4.69) is 16.0 Å². The van der Waals surface area contributed by atoms with Gasteiger partial charge in [-0.2, -0.15) is 0 Å². The maximum absolute atomic E-state index is 12.3. The zero-order chi connectivity index (χ0) is 21.4. The molecule has 1 heterocycles. The van der Waals surface area contributed by atoms with E-state index >= 15 is 0 Å². The molecule has 1 fully saturated rings. The normalized spacial score (nSPS) is 21.9. The number of aliphatic hydroxyl groups is 1. The smallest absolute Gasteiger partial charge is 0.253 e. The number of imide groups is 1. The van der Waals surface area contributed by atoms with E-state index in [-0.39, 0.29) is 61.6 Å². The van der Waals surface area contributed by atoms with Crippen LogP contribution in [-0.4, -0.2) is 77.9 Å². The van der Waals surface area contributed by atoms with Crippen molar-refractivity contribution in [2.24, 2.45) is 11.7 Å². The van der Waals surface area contributed by atoms with Crippen LogP contribution in [0.4, 0.5) is 0 Å². The lowest BCUT2D eigenvalue weighted by Crippen LogP contribution is -2.46. The van der Waals surface area contributed by atoms with Crippen molar-refractivity contribution in [1.29, 1.82) is 0 Å². The van der Waals surface area contributed by atoms with Gasteiger partial charge in [-0.05, 0) is 25.7 Å². The molecule has 5 amide bonds. The van der Waals surface area contributed by atoms with Crippen molar-refractivity contribution in [2.45, 2.75) is 37.8 Å². The fraction of sp³-hybridized carbons (Fsp3) is 0.611. The summed E-state index contributed by atoms with van der Waals surface area (Å²) in [5.41, 5.74) is 5.80. The highest BCUT2D eigenvalue weighted by atomic mass is 16.3. The van der Waals surface area contributed by atoms with Gasteiger partial charge in [0.25, 0.3) is 11.8 Å². The molecule has 0 unspecified atom stereocenters. The van der Waals surface area contributed by atoms with Gasteiger partial charge >= 0.3 is 0 Å². The van der Waals surface area contributed by atoms with Gasteiger partial charge in [-0.25, -0.2) is 0 Å². The molecule has 2 rings (SSSR count). The first-order chi connectivity index (χ1) is 13.8. The van der Waals surface area contributed by atoms with Crippen LogP contribution < -0.4 is 21.7 Å². The molecule has 1 aliphatic carbocycles. The Balaban J connectivity index is 1.65. The van der Waals surface area contributed by atoms with Crippen LogP contribution in [-0.2, 0) is 24.0 Å². The van der Waals surface area contributed by atoms with Crippen molar-refractivity contribution in [3.05, 3.63) is 12.2 Å². The van der Waals surface area contributed by atoms with E-state index in [4.69, 9.17) is 10.8 Å². The molecule has 0 aromatic carbocycles. The minimum Gasteiger partial charge on any atom is -0.387 e. The van der Waals surface area contributed by atoms with E-state index in [0.29, 0.717) is 19.3 Å². The SMILES string of the molecule is N[C@@H](CCNC(=O)CO)C(=O)N[C@@H]1CC[C@H](C(=O)NCCN2C(=O)C=CC2=O)C1. The average Bonchev–Trinajstić information content (AvgIpc) is 3.29. The van der Waals surface area contributed by atoms with Gasteiger partial charge in [0.1, 0.15) is 6.61 Å². The minimum absolute atomic E-state index is 0.116. The quantitative estimate of drug-likeness (QED) is 0.241. The van der Waals surface area contributed by atoms with E-state index in [0.717, 1.165) is 4.90 Å². The molecule has 0 saturated heterocycles. The first-order valence-corrected chi connectivity index (χ1v) is 9.56. The maximum Gasteiger partial charge on any atom is 0.253 e. The number of carbonyl (C=O) groups excluding carboxylic acids is 5. The van der Waals surface area contributed by atoms with Gasteiger partial charge in [0, 0.05) is 43.7 Å². The van der Waals surface area contributed by atoms with Crippen molar-refractivity contribution >= 4 is 29.5 Å². The van der Waals surface area contributed by atoms with Crippen LogP contribution in [0, 0.1) is 5.92 Å². The second-order valence-electron chi connectivity index (χ2n) is 7.07. The molecular formula is C18H27N5O6. The topological polar surface area (TPSA) is 171 Å². The molecule has 0 aromatic rings. The molecule has 11 nitrogen and oxygen atoms in total. The van der Waals surface area contributed by atoms with Crippen LogP contribution in [0.25, 0.3) is 0 Å². The Morgan fingerprint density at radius 3 is 2.48 bits per heavy atom. The van der Waals surface area contributed by atoms with Crippen molar-refractivity contribution < 1.29 is 29.1 Å². The summed E-state index contributed by atoms with van der Waals surface area (Å²) < 4.78 is 0. The number of amides is 5. The summed E-state index contributed by atoms with van der Waals surface area (Å²) in [6.07, 6.45) is 4.36. The molecule has 0 radical (unpaired) electrons. The van der Waals surface area contributed by atoms with Crippen LogP contribution >= 0.6 is 0 Å². The summed E-state index contributed by atoms with van der Waals surface area (Å²) >= 11 is 0. The maximum atomic E-state index is 12.3. The van der Waals surface area contributed by atoms with Gasteiger partial charge in [-0.3, -0.25) is 28.9 Å². The third kappa shape index (κ3) is 6.64. The van der Waals surface area contributed by atoms with Gasteiger partial charge < -0.3 is 26.8 Å². The molecule has 2 aliphatic rings. The van der Waals surface area contributed by atoms with Crippen molar-refractivity contribution in [3.8, 4) is 0 Å². The Morgan fingerprint density at radius 1 is 1.14 bits per heavy atom. The number of hydrogen-bond acceptors (Lipinski definition) is 7. The number of aliphatic hydroxyl groups excluding tert-OH is 1. The molecule has 0 spiro atoms. The Labute approximate surface area is 168 Å². The average molecular weight is 409 g/mol. The van der Waals surface area contributed by atoms with Gasteiger partial charge in [0.05, 0.1) is 6.04 Å². The number of carbonyl (C=O) groups is 5. The molecule has 160 valence electrons. The van der Waals surface area contributed by atoms with E-state index in [9.17, 15) is 24.0 Å². The first kappa shape index (κ1) is 22.5. The predicted molar refractivity (Wildman–Crippen MR) is 101 cm³/mol. The van der Waals surface area contributed by atoms with Gasteiger partial charge in [0.15, 0.2) is 0 Å². The molecule has 1 saturated carbocycles. The first-order valence-electron chi connectivity index (χ1n) is 9.56. The fourth-order valence-electron chi connectivity index (χ4n) is 3.30. The summed E-state index contributed by atoms with van der Waals surface area (Å²) in [5.74, 6) is -2.10. The molecule has 0 bridgehead atoms. The largest absolute Gasteiger partial charge is 0.387 e. The number of rotatable bonds is 10. The summed E-state index contributed by atoms with van der Waals surface area (Å²) in [4.78, 5) is 59.3. The fourth-order valence-corrected chi connectivity index (χ4v) is 3.30. The molecule has 11 heteroatoms. The Morgan fingerprint density at radius 2 is 1.83 bits per heavy atom. The van der Waals surface area contributed by atoms with Crippen LogP contribution in [0.1, 0.15) is 25.7 Å². The number of nitrogens with one attached hydrogen (secondary N) is 3. The van der Waals surface area contributed by atoms with Gasteiger partial charge in [-0.1, -0.05) is 0 Å². The lowest BCUT2D eigenvalue weighted by molar-refractivity contribution is -0.137. The Hall–Kier alpha value is -2.79. The lowest BCUT2D eigenvalue weighted by Gasteiger charge is -2.18. The number of nitrogens with zero attached hydrogens (tertiary/aromatic N) is 1. The molecule has 6 N–H and O–H groups in total. The van der Waals surface area contributed by atoms with Crippen LogP contribution in [0.2, 0.25) is 0 Å². The van der Waals surface area contributed by atoms with E-state index in [1.165, 1.54) is 12.2 Å². The zero-order valence-corrected chi connectivity index (χ0v) is 16.1. The number of nitrogens with two attached hydrogens (primary N) is 1. The summed E-state index contributed by atoms with van der Waals surface area (Å²) in [6.45, 7) is -0.142. The zero-order valence-electron chi connectivity index (χ0n) is 16.1. The summed E-state index contributed by atoms with van der Waals surface area (Å²) in [5, 5.41) is 16.6. The van der Waals surface area contributed by atoms with Crippen LogP contribution in [0.5, 0.6) is 0 Å². The Bertz CT molecular complexity index is 676. The van der Waals surface area contributed by atoms with Crippen LogP contribution in [0.15, 0.2) is 12.2 Å². The Kier molecular flexibility index (Phi) is 8.28. The molecule has 1 aliphatic heterocycles. The molecular weight excluding hydrogens is 382 g/mol. The third-order valence-electron chi connectivity index (χ3n) is 4.94. The van der Waals surface area contributed by atoms with Crippen molar-refractivity contribution in [1.82, 2.24) is 20.9 Å². The van der Waals surface area contributed by atoms with Gasteiger partial charge in [-0.15, -0.1) is 0 Å².